The van der Waals surface area contributed by atoms with Gasteiger partial charge in [0.25, 0.3) is 0 Å². The lowest BCUT2D eigenvalue weighted by Gasteiger charge is -2.20. The number of rotatable bonds is 7. The Balaban J connectivity index is 0.00000264. The Morgan fingerprint density at radius 3 is 2.35 bits per heavy atom. The van der Waals surface area contributed by atoms with E-state index in [0.29, 0.717) is 6.04 Å². The van der Waals surface area contributed by atoms with Crippen molar-refractivity contribution in [3.63, 3.8) is 0 Å². The second kappa shape index (κ2) is 10.1. The van der Waals surface area contributed by atoms with E-state index < -0.39 is 0 Å². The molecule has 0 aliphatic heterocycles. The van der Waals surface area contributed by atoms with Gasteiger partial charge in [-0.05, 0) is 36.6 Å². The first-order valence-corrected chi connectivity index (χ1v) is 8.44. The number of benzene rings is 1. The van der Waals surface area contributed by atoms with Gasteiger partial charge in [0.2, 0.25) is 0 Å². The van der Waals surface area contributed by atoms with Crippen LogP contribution in [-0.2, 0) is 13.1 Å². The molecule has 0 saturated heterocycles. The number of hydrogen-bond acceptors (Lipinski definition) is 2. The molecular formula is C18H31IN4. The van der Waals surface area contributed by atoms with Crippen molar-refractivity contribution in [1.29, 1.82) is 0 Å². The third-order valence-corrected chi connectivity index (χ3v) is 4.51. The van der Waals surface area contributed by atoms with Crippen molar-refractivity contribution in [3.8, 4) is 0 Å². The maximum atomic E-state index is 4.32. The van der Waals surface area contributed by atoms with Crippen molar-refractivity contribution in [1.82, 2.24) is 15.5 Å². The molecule has 1 saturated carbocycles. The minimum atomic E-state index is 0. The predicted molar refractivity (Wildman–Crippen MR) is 109 cm³/mol. The molecule has 1 aromatic rings. The monoisotopic (exact) mass is 430 g/mol. The molecular weight excluding hydrogens is 399 g/mol. The molecule has 0 spiro atoms. The summed E-state index contributed by atoms with van der Waals surface area (Å²) < 4.78 is 0. The van der Waals surface area contributed by atoms with Crippen molar-refractivity contribution in [2.45, 2.75) is 46.3 Å². The van der Waals surface area contributed by atoms with E-state index in [0.717, 1.165) is 38.1 Å². The Bertz CT molecular complexity index is 500. The van der Waals surface area contributed by atoms with Gasteiger partial charge in [-0.2, -0.15) is 0 Å². The molecule has 2 N–H and O–H groups in total. The second-order valence-electron chi connectivity index (χ2n) is 6.12. The van der Waals surface area contributed by atoms with E-state index in [-0.39, 0.29) is 24.0 Å². The number of guanidine groups is 1. The van der Waals surface area contributed by atoms with Gasteiger partial charge in [-0.25, -0.2) is 0 Å². The van der Waals surface area contributed by atoms with Gasteiger partial charge < -0.3 is 10.6 Å². The Morgan fingerprint density at radius 2 is 1.83 bits per heavy atom. The summed E-state index contributed by atoms with van der Waals surface area (Å²) in [5, 5.41) is 6.92. The van der Waals surface area contributed by atoms with Crippen molar-refractivity contribution in [2.75, 3.05) is 20.1 Å². The zero-order chi connectivity index (χ0) is 15.9. The lowest BCUT2D eigenvalue weighted by molar-refractivity contribution is 0.295. The predicted octanol–water partition coefficient (Wildman–Crippen LogP) is 3.22. The molecule has 2 unspecified atom stereocenters. The van der Waals surface area contributed by atoms with Crippen LogP contribution in [0.25, 0.3) is 0 Å². The summed E-state index contributed by atoms with van der Waals surface area (Å²) in [6, 6.07) is 9.27. The minimum Gasteiger partial charge on any atom is -0.353 e. The first kappa shape index (κ1) is 20.2. The van der Waals surface area contributed by atoms with Gasteiger partial charge in [-0.3, -0.25) is 9.89 Å². The summed E-state index contributed by atoms with van der Waals surface area (Å²) in [4.78, 5) is 6.77. The highest BCUT2D eigenvalue weighted by Gasteiger charge is 2.33. The van der Waals surface area contributed by atoms with E-state index in [4.69, 9.17) is 0 Å². The lowest BCUT2D eigenvalue weighted by Crippen LogP contribution is -2.38. The fourth-order valence-electron chi connectivity index (χ4n) is 2.64. The summed E-state index contributed by atoms with van der Waals surface area (Å²) in [5.74, 6) is 1.68. The highest BCUT2D eigenvalue weighted by Crippen LogP contribution is 2.28. The normalized spacial score (nSPS) is 20.1. The fourth-order valence-corrected chi connectivity index (χ4v) is 2.64. The summed E-state index contributed by atoms with van der Waals surface area (Å²) in [7, 11) is 1.84. The molecule has 1 aliphatic rings. The number of halogens is 1. The second-order valence-corrected chi connectivity index (χ2v) is 6.12. The van der Waals surface area contributed by atoms with Crippen molar-refractivity contribution in [2.24, 2.45) is 10.9 Å². The smallest absolute Gasteiger partial charge is 0.191 e. The largest absolute Gasteiger partial charge is 0.353 e. The Kier molecular flexibility index (Phi) is 8.91. The van der Waals surface area contributed by atoms with Crippen LogP contribution in [0, 0.1) is 5.92 Å². The summed E-state index contributed by atoms with van der Waals surface area (Å²) in [5.41, 5.74) is 2.75. The van der Waals surface area contributed by atoms with Crippen LogP contribution in [0.3, 0.4) is 0 Å². The van der Waals surface area contributed by atoms with Crippen molar-refractivity contribution < 1.29 is 0 Å². The first-order valence-electron chi connectivity index (χ1n) is 8.44. The van der Waals surface area contributed by atoms with E-state index in [2.05, 4.69) is 65.6 Å². The summed E-state index contributed by atoms with van der Waals surface area (Å²) in [6.07, 6.45) is 1.25. The third kappa shape index (κ3) is 6.30. The molecule has 1 aliphatic carbocycles. The molecule has 0 heterocycles. The van der Waals surface area contributed by atoms with Crippen LogP contribution < -0.4 is 10.6 Å². The van der Waals surface area contributed by atoms with Crippen LogP contribution in [0.15, 0.2) is 29.3 Å². The first-order chi connectivity index (χ1) is 10.7. The van der Waals surface area contributed by atoms with Gasteiger partial charge in [-0.1, -0.05) is 45.0 Å². The van der Waals surface area contributed by atoms with E-state index in [9.17, 15) is 0 Å². The van der Waals surface area contributed by atoms with E-state index in [1.165, 1.54) is 17.5 Å². The molecule has 1 aromatic carbocycles. The van der Waals surface area contributed by atoms with Gasteiger partial charge in [0.05, 0.1) is 0 Å². The average Bonchev–Trinajstić information content (AvgIpc) is 3.24. The van der Waals surface area contributed by atoms with Gasteiger partial charge in [-0.15, -0.1) is 24.0 Å². The van der Waals surface area contributed by atoms with E-state index >= 15 is 0 Å². The molecule has 23 heavy (non-hydrogen) atoms. The maximum Gasteiger partial charge on any atom is 0.191 e. The topological polar surface area (TPSA) is 39.7 Å². The van der Waals surface area contributed by atoms with Crippen LogP contribution in [0.4, 0.5) is 0 Å². The number of aliphatic imine (C=N–C) groups is 1. The van der Waals surface area contributed by atoms with Gasteiger partial charge in [0.15, 0.2) is 5.96 Å². The highest BCUT2D eigenvalue weighted by molar-refractivity contribution is 14.0. The van der Waals surface area contributed by atoms with Crippen molar-refractivity contribution >= 4 is 29.9 Å². The molecule has 4 nitrogen and oxygen atoms in total. The zero-order valence-electron chi connectivity index (χ0n) is 14.8. The molecule has 2 rings (SSSR count). The Labute approximate surface area is 158 Å². The molecule has 2 atom stereocenters. The number of hydrogen-bond donors (Lipinski definition) is 2. The van der Waals surface area contributed by atoms with Gasteiger partial charge in [0, 0.05) is 26.2 Å². The highest BCUT2D eigenvalue weighted by atomic mass is 127. The molecule has 0 amide bonds. The van der Waals surface area contributed by atoms with E-state index in [1.807, 2.05) is 7.05 Å². The quantitative estimate of drug-likeness (QED) is 0.397. The maximum absolute atomic E-state index is 4.32. The molecule has 0 bridgehead atoms. The van der Waals surface area contributed by atoms with Crippen LogP contribution in [0.2, 0.25) is 0 Å². The molecule has 5 heteroatoms. The van der Waals surface area contributed by atoms with Gasteiger partial charge in [0.1, 0.15) is 0 Å². The standard InChI is InChI=1S/C18H30N4.HI/c1-5-22(6-2)13-16-10-8-7-9-15(16)12-20-18(19-4)21-17-11-14(17)3;/h7-10,14,17H,5-6,11-13H2,1-4H3,(H2,19,20,21);1H. The van der Waals surface area contributed by atoms with Crippen molar-refractivity contribution in [3.05, 3.63) is 35.4 Å². The molecule has 0 radical (unpaired) electrons. The number of nitrogens with zero attached hydrogens (tertiary/aromatic N) is 2. The zero-order valence-corrected chi connectivity index (χ0v) is 17.1. The summed E-state index contributed by atoms with van der Waals surface area (Å²) >= 11 is 0. The Morgan fingerprint density at radius 1 is 1.22 bits per heavy atom. The number of nitrogens with one attached hydrogen (secondary N) is 2. The van der Waals surface area contributed by atoms with Crippen LogP contribution in [0.1, 0.15) is 38.3 Å². The molecule has 0 aromatic heterocycles. The van der Waals surface area contributed by atoms with Crippen LogP contribution in [-0.4, -0.2) is 37.0 Å². The molecule has 1 fully saturated rings. The van der Waals surface area contributed by atoms with Crippen LogP contribution in [0.5, 0.6) is 0 Å². The third-order valence-electron chi connectivity index (χ3n) is 4.51. The fraction of sp³-hybridized carbons (Fsp3) is 0.611. The van der Waals surface area contributed by atoms with Gasteiger partial charge >= 0.3 is 0 Å². The Hall–Kier alpha value is -0.820. The average molecular weight is 430 g/mol. The summed E-state index contributed by atoms with van der Waals surface area (Å²) in [6.45, 7) is 10.7. The molecule has 130 valence electrons. The van der Waals surface area contributed by atoms with E-state index in [1.54, 1.807) is 0 Å². The van der Waals surface area contributed by atoms with Crippen LogP contribution >= 0.6 is 24.0 Å². The minimum absolute atomic E-state index is 0. The SMILES string of the molecule is CCN(CC)Cc1ccccc1CNC(=NC)NC1CC1C.I. The lowest BCUT2D eigenvalue weighted by atomic mass is 10.1.